The van der Waals surface area contributed by atoms with E-state index in [9.17, 15) is 0 Å². The Bertz CT molecular complexity index is 417. The van der Waals surface area contributed by atoms with Gasteiger partial charge < -0.3 is 10.2 Å². The monoisotopic (exact) mass is 288 g/mol. The highest BCUT2D eigenvalue weighted by molar-refractivity contribution is 5.40. The van der Waals surface area contributed by atoms with Crippen LogP contribution in [0.15, 0.2) is 18.3 Å². The first-order chi connectivity index (χ1) is 10.4. The van der Waals surface area contributed by atoms with Gasteiger partial charge in [-0.05, 0) is 31.0 Å². The lowest BCUT2D eigenvalue weighted by Crippen LogP contribution is -2.50. The standard InChI is InChI=1S/C17H28N4/c1-2-18-13-15-7-8-17(19-14-15)21-11-9-20(10-12-21)16-5-3-4-6-16/h7-8,14,16,18H,2-6,9-13H2,1H3. The van der Waals surface area contributed by atoms with Crippen LogP contribution in [0, 0.1) is 0 Å². The molecule has 4 heteroatoms. The largest absolute Gasteiger partial charge is 0.354 e. The molecule has 0 amide bonds. The van der Waals surface area contributed by atoms with Crippen molar-refractivity contribution in [1.82, 2.24) is 15.2 Å². The van der Waals surface area contributed by atoms with E-state index in [2.05, 4.69) is 39.2 Å². The SMILES string of the molecule is CCNCc1ccc(N2CCN(C3CCCC3)CC2)nc1. The summed E-state index contributed by atoms with van der Waals surface area (Å²) in [4.78, 5) is 9.78. The van der Waals surface area contributed by atoms with Gasteiger partial charge in [-0.2, -0.15) is 0 Å². The van der Waals surface area contributed by atoms with Crippen LogP contribution in [0.1, 0.15) is 38.2 Å². The first-order valence-electron chi connectivity index (χ1n) is 8.51. The van der Waals surface area contributed by atoms with E-state index in [1.54, 1.807) is 0 Å². The molecule has 1 saturated carbocycles. The van der Waals surface area contributed by atoms with Gasteiger partial charge in [-0.1, -0.05) is 25.8 Å². The molecular weight excluding hydrogens is 260 g/mol. The van der Waals surface area contributed by atoms with Crippen molar-refractivity contribution >= 4 is 5.82 Å². The summed E-state index contributed by atoms with van der Waals surface area (Å²) in [5, 5.41) is 3.34. The van der Waals surface area contributed by atoms with Crippen molar-refractivity contribution in [2.45, 2.75) is 45.2 Å². The van der Waals surface area contributed by atoms with Crippen LogP contribution < -0.4 is 10.2 Å². The van der Waals surface area contributed by atoms with Crippen molar-refractivity contribution in [3.63, 3.8) is 0 Å². The first-order valence-corrected chi connectivity index (χ1v) is 8.51. The van der Waals surface area contributed by atoms with Crippen molar-refractivity contribution < 1.29 is 0 Å². The zero-order valence-electron chi connectivity index (χ0n) is 13.2. The molecule has 2 aliphatic rings. The second-order valence-corrected chi connectivity index (χ2v) is 6.27. The lowest BCUT2D eigenvalue weighted by molar-refractivity contribution is 0.187. The predicted octanol–water partition coefficient (Wildman–Crippen LogP) is 2.26. The zero-order chi connectivity index (χ0) is 14.5. The van der Waals surface area contributed by atoms with E-state index < -0.39 is 0 Å². The van der Waals surface area contributed by atoms with Crippen LogP contribution in [-0.4, -0.2) is 48.6 Å². The van der Waals surface area contributed by atoms with Gasteiger partial charge in [0.2, 0.25) is 0 Å². The number of rotatable bonds is 5. The number of anilines is 1. The molecule has 0 unspecified atom stereocenters. The van der Waals surface area contributed by atoms with Crippen LogP contribution in [0.3, 0.4) is 0 Å². The van der Waals surface area contributed by atoms with Gasteiger partial charge in [-0.3, -0.25) is 4.90 Å². The van der Waals surface area contributed by atoms with Gasteiger partial charge >= 0.3 is 0 Å². The van der Waals surface area contributed by atoms with Crippen molar-refractivity contribution in [3.8, 4) is 0 Å². The minimum atomic E-state index is 0.864. The van der Waals surface area contributed by atoms with Crippen molar-refractivity contribution in [2.24, 2.45) is 0 Å². The minimum Gasteiger partial charge on any atom is -0.354 e. The highest BCUT2D eigenvalue weighted by Gasteiger charge is 2.26. The Morgan fingerprint density at radius 1 is 1.14 bits per heavy atom. The highest BCUT2D eigenvalue weighted by Crippen LogP contribution is 2.25. The summed E-state index contributed by atoms with van der Waals surface area (Å²) in [5.74, 6) is 1.14. The molecule has 0 radical (unpaired) electrons. The molecule has 21 heavy (non-hydrogen) atoms. The molecule has 3 rings (SSSR count). The third kappa shape index (κ3) is 3.74. The van der Waals surface area contributed by atoms with E-state index in [0.717, 1.165) is 38.0 Å². The Labute approximate surface area is 128 Å². The summed E-state index contributed by atoms with van der Waals surface area (Å²) in [7, 11) is 0. The van der Waals surface area contributed by atoms with E-state index in [1.165, 1.54) is 44.3 Å². The Morgan fingerprint density at radius 2 is 1.90 bits per heavy atom. The molecule has 0 atom stereocenters. The van der Waals surface area contributed by atoms with Crippen LogP contribution >= 0.6 is 0 Å². The smallest absolute Gasteiger partial charge is 0.128 e. The third-order valence-electron chi connectivity index (χ3n) is 4.87. The molecule has 4 nitrogen and oxygen atoms in total. The van der Waals surface area contributed by atoms with Crippen molar-refractivity contribution in [3.05, 3.63) is 23.9 Å². The number of hydrogen-bond donors (Lipinski definition) is 1. The quantitative estimate of drug-likeness (QED) is 0.900. The topological polar surface area (TPSA) is 31.4 Å². The number of pyridine rings is 1. The van der Waals surface area contributed by atoms with E-state index in [1.807, 2.05) is 6.20 Å². The summed E-state index contributed by atoms with van der Waals surface area (Å²) in [5.41, 5.74) is 1.27. The normalized spacial score (nSPS) is 21.1. The molecule has 1 aromatic rings. The van der Waals surface area contributed by atoms with Crippen LogP contribution in [0.5, 0.6) is 0 Å². The Morgan fingerprint density at radius 3 is 2.52 bits per heavy atom. The minimum absolute atomic E-state index is 0.864. The molecule has 0 aromatic carbocycles. The molecule has 1 aliphatic heterocycles. The fourth-order valence-electron chi connectivity index (χ4n) is 3.56. The maximum Gasteiger partial charge on any atom is 0.128 e. The van der Waals surface area contributed by atoms with E-state index >= 15 is 0 Å². The van der Waals surface area contributed by atoms with Crippen molar-refractivity contribution in [2.75, 3.05) is 37.6 Å². The molecular formula is C17H28N4. The molecule has 116 valence electrons. The molecule has 0 bridgehead atoms. The van der Waals surface area contributed by atoms with E-state index in [0.29, 0.717) is 0 Å². The highest BCUT2D eigenvalue weighted by atomic mass is 15.3. The average Bonchev–Trinajstić information content (AvgIpc) is 3.08. The average molecular weight is 288 g/mol. The van der Waals surface area contributed by atoms with Crippen LogP contribution in [-0.2, 0) is 6.54 Å². The van der Waals surface area contributed by atoms with Gasteiger partial charge in [-0.25, -0.2) is 4.98 Å². The fourth-order valence-corrected chi connectivity index (χ4v) is 3.56. The number of nitrogens with one attached hydrogen (secondary N) is 1. The Hall–Kier alpha value is -1.13. The second-order valence-electron chi connectivity index (χ2n) is 6.27. The number of nitrogens with zero attached hydrogens (tertiary/aromatic N) is 3. The molecule has 1 aromatic heterocycles. The van der Waals surface area contributed by atoms with Gasteiger partial charge in [0, 0.05) is 45.0 Å². The molecule has 0 spiro atoms. The van der Waals surface area contributed by atoms with Crippen molar-refractivity contribution in [1.29, 1.82) is 0 Å². The van der Waals surface area contributed by atoms with Crippen LogP contribution in [0.2, 0.25) is 0 Å². The van der Waals surface area contributed by atoms with E-state index in [4.69, 9.17) is 0 Å². The summed E-state index contributed by atoms with van der Waals surface area (Å²) in [6.45, 7) is 8.69. The van der Waals surface area contributed by atoms with Gasteiger partial charge in [0.25, 0.3) is 0 Å². The Kier molecular flexibility index (Phi) is 5.09. The second kappa shape index (κ2) is 7.23. The number of aromatic nitrogens is 1. The first kappa shape index (κ1) is 14.8. The summed E-state index contributed by atoms with van der Waals surface area (Å²) >= 11 is 0. The lowest BCUT2D eigenvalue weighted by Gasteiger charge is -2.38. The van der Waals surface area contributed by atoms with Gasteiger partial charge in [0.15, 0.2) is 0 Å². The van der Waals surface area contributed by atoms with Gasteiger partial charge in [0.1, 0.15) is 5.82 Å². The summed E-state index contributed by atoms with van der Waals surface area (Å²) in [6.07, 6.45) is 7.70. The molecule has 1 N–H and O–H groups in total. The summed E-state index contributed by atoms with van der Waals surface area (Å²) < 4.78 is 0. The van der Waals surface area contributed by atoms with E-state index in [-0.39, 0.29) is 0 Å². The fraction of sp³-hybridized carbons (Fsp3) is 0.706. The predicted molar refractivity (Wildman–Crippen MR) is 87.7 cm³/mol. The lowest BCUT2D eigenvalue weighted by atomic mass is 10.2. The van der Waals surface area contributed by atoms with Crippen LogP contribution in [0.25, 0.3) is 0 Å². The maximum absolute atomic E-state index is 4.65. The number of piperazine rings is 1. The zero-order valence-corrected chi connectivity index (χ0v) is 13.2. The molecule has 2 heterocycles. The molecule has 1 aliphatic carbocycles. The number of hydrogen-bond acceptors (Lipinski definition) is 4. The maximum atomic E-state index is 4.65. The third-order valence-corrected chi connectivity index (χ3v) is 4.87. The van der Waals surface area contributed by atoms with Gasteiger partial charge in [-0.15, -0.1) is 0 Å². The van der Waals surface area contributed by atoms with Crippen LogP contribution in [0.4, 0.5) is 5.82 Å². The molecule has 2 fully saturated rings. The van der Waals surface area contributed by atoms with Gasteiger partial charge in [0.05, 0.1) is 0 Å². The Balaban J connectivity index is 1.51. The summed E-state index contributed by atoms with van der Waals surface area (Å²) in [6, 6.07) is 5.24. The molecule has 1 saturated heterocycles.